The van der Waals surface area contributed by atoms with Crippen LogP contribution in [0.2, 0.25) is 0 Å². The van der Waals surface area contributed by atoms with Crippen LogP contribution in [0.5, 0.6) is 0 Å². The Bertz CT molecular complexity index is 1490. The largest absolute Gasteiger partial charge is 0.321 e. The molecule has 7 heteroatoms. The number of halogens is 2. The average molecular weight is 474 g/mol. The van der Waals surface area contributed by atoms with E-state index in [2.05, 4.69) is 40.5 Å². The van der Waals surface area contributed by atoms with Gasteiger partial charge >= 0.3 is 0 Å². The van der Waals surface area contributed by atoms with E-state index in [1.807, 2.05) is 23.6 Å². The van der Waals surface area contributed by atoms with E-state index in [-0.39, 0.29) is 23.8 Å². The Morgan fingerprint density at radius 3 is 2.29 bits per heavy atom. The van der Waals surface area contributed by atoms with Crippen molar-refractivity contribution in [2.75, 3.05) is 0 Å². The van der Waals surface area contributed by atoms with Crippen LogP contribution in [0, 0.1) is 12.7 Å². The van der Waals surface area contributed by atoms with Crippen molar-refractivity contribution in [3.05, 3.63) is 84.1 Å². The fraction of sp³-hybridized carbons (Fsp3) is 0.222. The Hall–Kier alpha value is -3.35. The van der Waals surface area contributed by atoms with Gasteiger partial charge < -0.3 is 5.73 Å². The predicted octanol–water partition coefficient (Wildman–Crippen LogP) is 6.21. The van der Waals surface area contributed by atoms with Gasteiger partial charge in [0.2, 0.25) is 0 Å². The summed E-state index contributed by atoms with van der Waals surface area (Å²) in [6.07, 6.45) is 6.35. The molecule has 3 heterocycles. The first kappa shape index (κ1) is 22.4. The molecule has 1 aliphatic rings. The molecule has 0 aliphatic heterocycles. The molecule has 0 amide bonds. The highest BCUT2D eigenvalue weighted by atomic mass is 35.5. The van der Waals surface area contributed by atoms with E-state index in [1.54, 1.807) is 12.1 Å². The molecule has 0 saturated heterocycles. The number of rotatable bonds is 3. The number of fused-ring (bicyclic) bond motifs is 3. The van der Waals surface area contributed by atoms with Gasteiger partial charge in [0.15, 0.2) is 5.65 Å². The summed E-state index contributed by atoms with van der Waals surface area (Å²) in [7, 11) is 0. The first-order chi connectivity index (χ1) is 16.0. The monoisotopic (exact) mass is 473 g/mol. The quantitative estimate of drug-likeness (QED) is 0.338. The number of hydrogen-bond acceptors (Lipinski definition) is 4. The SMILES string of the molecule is Cc1nnc2c3cc(-c4ccc(F)cc4)c(-c4ccc(C5(N)CCCC5)cc4)nc3ccn12.Cl. The summed E-state index contributed by atoms with van der Waals surface area (Å²) in [6.45, 7) is 1.92. The minimum absolute atomic E-state index is 0. The summed E-state index contributed by atoms with van der Waals surface area (Å²) in [6, 6.07) is 19.1. The van der Waals surface area contributed by atoms with Gasteiger partial charge in [-0.25, -0.2) is 9.37 Å². The molecule has 2 N–H and O–H groups in total. The molecule has 0 unspecified atom stereocenters. The molecule has 172 valence electrons. The van der Waals surface area contributed by atoms with Crippen molar-refractivity contribution < 1.29 is 4.39 Å². The second-order valence-electron chi connectivity index (χ2n) is 9.02. The van der Waals surface area contributed by atoms with Crippen LogP contribution >= 0.6 is 12.4 Å². The highest BCUT2D eigenvalue weighted by Crippen LogP contribution is 2.39. The van der Waals surface area contributed by atoms with Crippen LogP contribution in [0.4, 0.5) is 4.39 Å². The fourth-order valence-corrected chi connectivity index (χ4v) is 5.03. The first-order valence-electron chi connectivity index (χ1n) is 11.3. The minimum atomic E-state index is -0.265. The zero-order valence-corrected chi connectivity index (χ0v) is 19.6. The molecular weight excluding hydrogens is 449 g/mol. The summed E-state index contributed by atoms with van der Waals surface area (Å²) in [5.41, 5.74) is 12.9. The number of pyridine rings is 2. The van der Waals surface area contributed by atoms with Gasteiger partial charge in [-0.1, -0.05) is 49.2 Å². The molecule has 3 aromatic heterocycles. The van der Waals surface area contributed by atoms with Crippen molar-refractivity contribution in [3.63, 3.8) is 0 Å². The van der Waals surface area contributed by atoms with Crippen molar-refractivity contribution in [3.8, 4) is 22.4 Å². The van der Waals surface area contributed by atoms with Crippen molar-refractivity contribution in [1.82, 2.24) is 19.6 Å². The molecule has 1 aliphatic carbocycles. The third-order valence-corrected chi connectivity index (χ3v) is 6.92. The lowest BCUT2D eigenvalue weighted by Crippen LogP contribution is -2.32. The maximum absolute atomic E-state index is 13.7. The average Bonchev–Trinajstić information content (AvgIpc) is 3.45. The van der Waals surface area contributed by atoms with Gasteiger partial charge in [-0.05, 0) is 55.2 Å². The number of hydrogen-bond donors (Lipinski definition) is 1. The third-order valence-electron chi connectivity index (χ3n) is 6.92. The molecule has 5 aromatic rings. The van der Waals surface area contributed by atoms with E-state index < -0.39 is 0 Å². The molecule has 1 saturated carbocycles. The number of nitrogens with two attached hydrogens (primary N) is 1. The topological polar surface area (TPSA) is 69.1 Å². The van der Waals surface area contributed by atoms with E-state index in [1.165, 1.54) is 30.5 Å². The van der Waals surface area contributed by atoms with Gasteiger partial charge in [0.05, 0.1) is 11.2 Å². The van der Waals surface area contributed by atoms with E-state index in [0.717, 1.165) is 57.6 Å². The Labute approximate surface area is 203 Å². The number of benzene rings is 2. The second kappa shape index (κ2) is 8.46. The molecule has 2 aromatic carbocycles. The Morgan fingerprint density at radius 2 is 1.59 bits per heavy atom. The van der Waals surface area contributed by atoms with Gasteiger partial charge in [0.1, 0.15) is 11.6 Å². The lowest BCUT2D eigenvalue weighted by molar-refractivity contribution is 0.462. The highest BCUT2D eigenvalue weighted by Gasteiger charge is 2.31. The fourth-order valence-electron chi connectivity index (χ4n) is 5.03. The van der Waals surface area contributed by atoms with E-state index >= 15 is 0 Å². The zero-order valence-electron chi connectivity index (χ0n) is 18.8. The molecule has 34 heavy (non-hydrogen) atoms. The summed E-state index contributed by atoms with van der Waals surface area (Å²) < 4.78 is 15.6. The van der Waals surface area contributed by atoms with Gasteiger partial charge in [0.25, 0.3) is 0 Å². The normalized spacial score (nSPS) is 15.0. The zero-order chi connectivity index (χ0) is 22.6. The van der Waals surface area contributed by atoms with Crippen molar-refractivity contribution >= 4 is 29.0 Å². The summed E-state index contributed by atoms with van der Waals surface area (Å²) >= 11 is 0. The summed E-state index contributed by atoms with van der Waals surface area (Å²) in [5.74, 6) is 0.552. The molecular formula is C27H25ClFN5. The lowest BCUT2D eigenvalue weighted by Gasteiger charge is -2.24. The molecule has 0 radical (unpaired) electrons. The number of aromatic nitrogens is 4. The van der Waals surface area contributed by atoms with Gasteiger partial charge in [-0.3, -0.25) is 4.40 Å². The van der Waals surface area contributed by atoms with Crippen LogP contribution in [0.3, 0.4) is 0 Å². The van der Waals surface area contributed by atoms with Crippen LogP contribution in [0.1, 0.15) is 37.1 Å². The van der Waals surface area contributed by atoms with Gasteiger partial charge in [-0.2, -0.15) is 0 Å². The highest BCUT2D eigenvalue weighted by molar-refractivity contribution is 5.98. The maximum Gasteiger partial charge on any atom is 0.170 e. The molecule has 5 nitrogen and oxygen atoms in total. The molecule has 0 atom stereocenters. The number of nitrogens with zero attached hydrogens (tertiary/aromatic N) is 4. The number of aryl methyl sites for hydroxylation is 1. The second-order valence-corrected chi connectivity index (χ2v) is 9.02. The molecule has 0 spiro atoms. The Morgan fingerprint density at radius 1 is 0.912 bits per heavy atom. The Kier molecular flexibility index (Phi) is 5.58. The predicted molar refractivity (Wildman–Crippen MR) is 135 cm³/mol. The molecule has 1 fully saturated rings. The van der Waals surface area contributed by atoms with Crippen molar-refractivity contribution in [2.45, 2.75) is 38.1 Å². The molecule has 6 rings (SSSR count). The standard InChI is InChI=1S/C27H24FN5.ClH/c1-17-31-32-26-23-16-22(18-6-10-21(28)11-7-18)25(30-24(23)12-15-33(17)26)19-4-8-20(9-5-19)27(29)13-2-3-14-27;/h4-12,15-16H,2-3,13-14,29H2,1H3;1H. The smallest absolute Gasteiger partial charge is 0.170 e. The van der Waals surface area contributed by atoms with Gasteiger partial charge in [0, 0.05) is 28.2 Å². The molecule has 0 bridgehead atoms. The van der Waals surface area contributed by atoms with Crippen LogP contribution in [-0.4, -0.2) is 19.6 Å². The third kappa shape index (κ3) is 3.63. The summed E-state index contributed by atoms with van der Waals surface area (Å²) in [5, 5.41) is 9.49. The first-order valence-corrected chi connectivity index (χ1v) is 11.3. The van der Waals surface area contributed by atoms with Crippen LogP contribution in [0.15, 0.2) is 66.9 Å². The summed E-state index contributed by atoms with van der Waals surface area (Å²) in [4.78, 5) is 5.04. The van der Waals surface area contributed by atoms with Crippen LogP contribution < -0.4 is 5.73 Å². The lowest BCUT2D eigenvalue weighted by atomic mass is 9.88. The maximum atomic E-state index is 13.7. The van der Waals surface area contributed by atoms with E-state index in [9.17, 15) is 4.39 Å². The van der Waals surface area contributed by atoms with Crippen molar-refractivity contribution in [2.24, 2.45) is 5.73 Å². The van der Waals surface area contributed by atoms with Gasteiger partial charge in [-0.15, -0.1) is 22.6 Å². The van der Waals surface area contributed by atoms with Crippen LogP contribution in [-0.2, 0) is 5.54 Å². The van der Waals surface area contributed by atoms with Crippen LogP contribution in [0.25, 0.3) is 38.9 Å². The minimum Gasteiger partial charge on any atom is -0.321 e. The van der Waals surface area contributed by atoms with E-state index in [4.69, 9.17) is 10.7 Å². The van der Waals surface area contributed by atoms with E-state index in [0.29, 0.717) is 0 Å². The Balaban J connectivity index is 0.00000241. The van der Waals surface area contributed by atoms with Crippen molar-refractivity contribution in [1.29, 1.82) is 0 Å².